The molecule has 9 heavy (non-hydrogen) atoms. The van der Waals surface area contributed by atoms with Crippen LogP contribution in [-0.2, 0) is 15.5 Å². The van der Waals surface area contributed by atoms with E-state index in [0.29, 0.717) is 0 Å². The zero-order chi connectivity index (χ0) is 6.48. The fourth-order valence-electron chi connectivity index (χ4n) is 0.445. The molecule has 48 valence electrons. The Morgan fingerprint density at radius 1 is 0.889 bits per heavy atom. The summed E-state index contributed by atoms with van der Waals surface area (Å²) in [4.78, 5) is 19.7. The Bertz CT molecular complexity index is 156. The van der Waals surface area contributed by atoms with Crippen LogP contribution in [0.15, 0.2) is 0 Å². The van der Waals surface area contributed by atoms with E-state index in [2.05, 4.69) is 15.5 Å². The van der Waals surface area contributed by atoms with Crippen LogP contribution in [-0.4, -0.2) is 24.8 Å². The molecule has 2 saturated heterocycles. The van der Waals surface area contributed by atoms with Crippen molar-refractivity contribution < 1.29 is 25.6 Å². The van der Waals surface area contributed by atoms with Gasteiger partial charge in [0.25, 0.3) is 0 Å². The molecule has 0 radical (unpaired) electrons. The van der Waals surface area contributed by atoms with Crippen molar-refractivity contribution in [2.75, 3.05) is 0 Å². The van der Waals surface area contributed by atoms with Gasteiger partial charge in [0, 0.05) is 0 Å². The van der Waals surface area contributed by atoms with Gasteiger partial charge in [-0.3, -0.25) is 0 Å². The summed E-state index contributed by atoms with van der Waals surface area (Å²) in [5.74, 6) is 0. The van der Waals surface area contributed by atoms with Crippen molar-refractivity contribution in [3.8, 4) is 0 Å². The predicted molar refractivity (Wildman–Crippen MR) is 17.3 cm³/mol. The summed E-state index contributed by atoms with van der Waals surface area (Å²) < 4.78 is 16.8. The van der Waals surface area contributed by atoms with Crippen LogP contribution in [0, 0.1) is 9.81 Å². The molecule has 2 heterocycles. The third kappa shape index (κ3) is 0.473. The van der Waals surface area contributed by atoms with Crippen LogP contribution in [0.3, 0.4) is 0 Å². The molecular formula is GeN2O6+2. The van der Waals surface area contributed by atoms with E-state index in [0.717, 1.165) is 0 Å². The van der Waals surface area contributed by atoms with E-state index in [1.54, 1.807) is 0 Å². The van der Waals surface area contributed by atoms with Gasteiger partial charge in [-0.15, -0.1) is 0 Å². The third-order valence-electron chi connectivity index (χ3n) is 0.745. The van der Waals surface area contributed by atoms with Crippen LogP contribution in [0.5, 0.6) is 0 Å². The molecule has 2 aliphatic rings. The normalized spacial score (nSPS) is 26.2. The Morgan fingerprint density at radius 2 is 1.22 bits per heavy atom. The quantitative estimate of drug-likeness (QED) is 0.450. The van der Waals surface area contributed by atoms with E-state index < -0.39 is 14.6 Å². The van der Waals surface area contributed by atoms with Crippen molar-refractivity contribution in [2.45, 2.75) is 0 Å². The van der Waals surface area contributed by atoms with E-state index >= 15 is 0 Å². The minimum absolute atomic E-state index is 0.160. The number of rotatable bonds is 0. The molecule has 9 heteroatoms. The molecule has 0 aliphatic carbocycles. The van der Waals surface area contributed by atoms with E-state index in [1.807, 2.05) is 0 Å². The summed E-state index contributed by atoms with van der Waals surface area (Å²) in [5, 5.41) is -0.319. The fourth-order valence-corrected chi connectivity index (χ4v) is 2.31. The van der Waals surface area contributed by atoms with E-state index in [-0.39, 0.29) is 10.2 Å². The molecule has 0 amide bonds. The Balaban J connectivity index is 2.01. The predicted octanol–water partition coefficient (Wildman–Crippen LogP) is -1.27. The van der Waals surface area contributed by atoms with Gasteiger partial charge in [0.1, 0.15) is 0 Å². The molecule has 0 bridgehead atoms. The summed E-state index contributed by atoms with van der Waals surface area (Å²) in [5.41, 5.74) is 0. The van der Waals surface area contributed by atoms with E-state index in [9.17, 15) is 9.81 Å². The van der Waals surface area contributed by atoms with Crippen molar-refractivity contribution in [3.05, 3.63) is 9.81 Å². The second-order valence-electron chi connectivity index (χ2n) is 1.31. The molecule has 0 aromatic heterocycles. The van der Waals surface area contributed by atoms with Gasteiger partial charge in [-0.05, 0) is 0 Å². The summed E-state index contributed by atoms with van der Waals surface area (Å²) in [7, 11) is 0. The van der Waals surface area contributed by atoms with Crippen LogP contribution in [0.4, 0.5) is 0 Å². The third-order valence-corrected chi connectivity index (χ3v) is 3.87. The molecule has 8 nitrogen and oxygen atoms in total. The Hall–Kier alpha value is -1.06. The van der Waals surface area contributed by atoms with Crippen molar-refractivity contribution in [1.82, 2.24) is 0 Å². The first-order valence-electron chi connectivity index (χ1n) is 1.91. The summed E-state index contributed by atoms with van der Waals surface area (Å²) in [6.45, 7) is 0. The fraction of sp³-hybridized carbons (Fsp3) is 0. The molecule has 0 aromatic carbocycles. The molecule has 0 aromatic rings. The first kappa shape index (κ1) is 4.79. The van der Waals surface area contributed by atoms with Crippen molar-refractivity contribution in [3.63, 3.8) is 0 Å². The maximum absolute atomic E-state index is 9.85. The molecule has 0 saturated carbocycles. The summed E-state index contributed by atoms with van der Waals surface area (Å²) in [6, 6.07) is 0. The number of hydrogen-bond acceptors (Lipinski definition) is 6. The molecule has 0 atom stereocenters. The molecule has 0 N–H and O–H groups in total. The van der Waals surface area contributed by atoms with Gasteiger partial charge in [-0.1, -0.05) is 0 Å². The molecule has 2 aliphatic heterocycles. The van der Waals surface area contributed by atoms with Crippen molar-refractivity contribution in [1.29, 1.82) is 0 Å². The van der Waals surface area contributed by atoms with Gasteiger partial charge in [0.05, 0.1) is 0 Å². The monoisotopic (exact) mass is 198 g/mol. The molecule has 2 rings (SSSR count). The zero-order valence-electron chi connectivity index (χ0n) is 3.84. The maximum atomic E-state index is 9.85. The van der Waals surface area contributed by atoms with E-state index in [1.165, 1.54) is 0 Å². The van der Waals surface area contributed by atoms with Crippen LogP contribution in [0.2, 0.25) is 0 Å². The summed E-state index contributed by atoms with van der Waals surface area (Å²) in [6.07, 6.45) is 0. The second-order valence-corrected chi connectivity index (χ2v) is 4.94. The average Bonchev–Trinajstić information content (AvgIpc) is 1.58. The number of nitrogens with zero attached hydrogens (tertiary/aromatic N) is 2. The second kappa shape index (κ2) is 1.10. The Kier molecular flexibility index (Phi) is 0.584. The average molecular weight is 197 g/mol. The topological polar surface area (TPSA) is 77.1 Å². The van der Waals surface area contributed by atoms with Gasteiger partial charge in [0.2, 0.25) is 0 Å². The molecule has 2 fully saturated rings. The van der Waals surface area contributed by atoms with Crippen molar-refractivity contribution >= 4 is 14.6 Å². The van der Waals surface area contributed by atoms with Crippen LogP contribution in [0.1, 0.15) is 0 Å². The number of hydrogen-bond donors (Lipinski definition) is 0. The van der Waals surface area contributed by atoms with Crippen molar-refractivity contribution in [2.24, 2.45) is 0 Å². The standard InChI is InChI=1S/GeN2O6/c4-2-6-1(7-2)8-3(5)9-1/q+2. The molecule has 0 unspecified atom stereocenters. The van der Waals surface area contributed by atoms with Gasteiger partial charge in [-0.2, -0.15) is 0 Å². The van der Waals surface area contributed by atoms with Gasteiger partial charge >= 0.3 is 50.1 Å². The van der Waals surface area contributed by atoms with Gasteiger partial charge < -0.3 is 0 Å². The van der Waals surface area contributed by atoms with Crippen LogP contribution >= 0.6 is 0 Å². The van der Waals surface area contributed by atoms with Crippen LogP contribution < -0.4 is 0 Å². The first-order valence-corrected chi connectivity index (χ1v) is 5.34. The van der Waals surface area contributed by atoms with Crippen LogP contribution in [0.25, 0.3) is 0 Å². The van der Waals surface area contributed by atoms with Gasteiger partial charge in [-0.25, -0.2) is 0 Å². The van der Waals surface area contributed by atoms with E-state index in [4.69, 9.17) is 0 Å². The minimum atomic E-state index is -3.65. The zero-order valence-corrected chi connectivity index (χ0v) is 5.94. The van der Waals surface area contributed by atoms with Gasteiger partial charge in [0.15, 0.2) is 0 Å². The SMILES string of the molecule is O=[N+]1[O][Ge]2([O]1)[O][N+](=O)[O]2. The molecular weight excluding hydrogens is 197 g/mol. The Labute approximate surface area is 50.9 Å². The summed E-state index contributed by atoms with van der Waals surface area (Å²) >= 11 is -3.65. The molecule has 1 spiro atoms. The Morgan fingerprint density at radius 3 is 1.44 bits per heavy atom. The first-order chi connectivity index (χ1) is 4.20.